The summed E-state index contributed by atoms with van der Waals surface area (Å²) < 4.78 is 34.5. The van der Waals surface area contributed by atoms with Gasteiger partial charge in [0.05, 0.1) is 6.61 Å². The molecule has 1 heterocycles. The van der Waals surface area contributed by atoms with E-state index in [1.807, 2.05) is 19.1 Å². The molecule has 0 aliphatic carbocycles. The fourth-order valence-corrected chi connectivity index (χ4v) is 2.50. The Kier molecular flexibility index (Phi) is 14.9. The van der Waals surface area contributed by atoms with E-state index in [2.05, 4.69) is 16.1 Å². The van der Waals surface area contributed by atoms with Gasteiger partial charge in [-0.05, 0) is 31.0 Å². The summed E-state index contributed by atoms with van der Waals surface area (Å²) in [4.78, 5) is 3.85. The van der Waals surface area contributed by atoms with Gasteiger partial charge in [-0.2, -0.15) is 0 Å². The van der Waals surface area contributed by atoms with Crippen molar-refractivity contribution in [1.82, 2.24) is 4.98 Å². The lowest BCUT2D eigenvalue weighted by molar-refractivity contribution is 0.255. The summed E-state index contributed by atoms with van der Waals surface area (Å²) in [5.74, 6) is 0. The van der Waals surface area contributed by atoms with E-state index >= 15 is 0 Å². The highest BCUT2D eigenvalue weighted by molar-refractivity contribution is 7.80. The molecule has 0 saturated carbocycles. The third-order valence-electron chi connectivity index (χ3n) is 3.57. The quantitative estimate of drug-likeness (QED) is 0.305. The summed E-state index contributed by atoms with van der Waals surface area (Å²) in [6, 6.07) is 3.94. The normalized spacial score (nSPS) is 11.0. The third kappa shape index (κ3) is 19.1. The Labute approximate surface area is 147 Å². The van der Waals surface area contributed by atoms with Crippen molar-refractivity contribution >= 4 is 10.4 Å². The lowest BCUT2D eigenvalue weighted by Gasteiger charge is -2.06. The minimum atomic E-state index is -4.48. The predicted molar refractivity (Wildman–Crippen MR) is 96.5 cm³/mol. The zero-order chi connectivity index (χ0) is 18.1. The van der Waals surface area contributed by atoms with Gasteiger partial charge in [0.15, 0.2) is 0 Å². The van der Waals surface area contributed by atoms with Crippen molar-refractivity contribution in [1.29, 1.82) is 0 Å². The second kappa shape index (κ2) is 15.5. The van der Waals surface area contributed by atoms with E-state index in [1.54, 1.807) is 12.4 Å². The SMILES string of the molecule is CCCCCCCCCCCCOS(=O)(=O)[O-].Cc1ccncc1. The van der Waals surface area contributed by atoms with Gasteiger partial charge in [-0.25, -0.2) is 8.42 Å². The van der Waals surface area contributed by atoms with Crippen LogP contribution in [0.2, 0.25) is 0 Å². The molecule has 5 nitrogen and oxygen atoms in total. The topological polar surface area (TPSA) is 79.3 Å². The number of aryl methyl sites for hydroxylation is 1. The Hall–Kier alpha value is -0.980. The Morgan fingerprint density at radius 2 is 1.38 bits per heavy atom. The molecule has 140 valence electrons. The highest BCUT2D eigenvalue weighted by Crippen LogP contribution is 2.10. The zero-order valence-electron chi connectivity index (χ0n) is 15.1. The molecule has 0 N–H and O–H groups in total. The summed E-state index contributed by atoms with van der Waals surface area (Å²) in [6.07, 6.45) is 15.3. The number of hydrogen-bond donors (Lipinski definition) is 0. The minimum absolute atomic E-state index is 0.0301. The van der Waals surface area contributed by atoms with Crippen molar-refractivity contribution < 1.29 is 17.2 Å². The third-order valence-corrected chi connectivity index (χ3v) is 4.03. The highest BCUT2D eigenvalue weighted by Gasteiger charge is 1.95. The first-order chi connectivity index (χ1) is 11.5. The molecule has 0 bridgehead atoms. The Morgan fingerprint density at radius 3 is 1.75 bits per heavy atom. The van der Waals surface area contributed by atoms with Gasteiger partial charge in [-0.15, -0.1) is 0 Å². The summed E-state index contributed by atoms with van der Waals surface area (Å²) in [7, 11) is -4.48. The van der Waals surface area contributed by atoms with Crippen molar-refractivity contribution in [3.63, 3.8) is 0 Å². The largest absolute Gasteiger partial charge is 0.726 e. The van der Waals surface area contributed by atoms with Gasteiger partial charge in [0.1, 0.15) is 0 Å². The molecule has 0 aliphatic heterocycles. The molecular weight excluding hydrogens is 326 g/mol. The molecule has 0 radical (unpaired) electrons. The Morgan fingerprint density at radius 1 is 0.917 bits per heavy atom. The van der Waals surface area contributed by atoms with Crippen LogP contribution >= 0.6 is 0 Å². The van der Waals surface area contributed by atoms with Crippen LogP contribution < -0.4 is 0 Å². The standard InChI is InChI=1S/C12H26O4S.C6H7N/c1-2-3-4-5-6-7-8-9-10-11-12-16-17(13,14)15;1-6-2-4-7-5-3-6/h2-12H2,1H3,(H,13,14,15);2-5H,1H3/p-1. The van der Waals surface area contributed by atoms with E-state index in [1.165, 1.54) is 50.5 Å². The van der Waals surface area contributed by atoms with Crippen LogP contribution in [0, 0.1) is 6.92 Å². The van der Waals surface area contributed by atoms with Crippen LogP contribution in [0.4, 0.5) is 0 Å². The first-order valence-corrected chi connectivity index (χ1v) is 10.3. The van der Waals surface area contributed by atoms with E-state index < -0.39 is 10.4 Å². The van der Waals surface area contributed by atoms with Crippen LogP contribution in [0.25, 0.3) is 0 Å². The number of unbranched alkanes of at least 4 members (excludes halogenated alkanes) is 9. The maximum absolute atomic E-state index is 10.1. The van der Waals surface area contributed by atoms with Gasteiger partial charge in [0, 0.05) is 12.4 Å². The molecule has 0 aliphatic rings. The second-order valence-electron chi connectivity index (χ2n) is 5.94. The van der Waals surface area contributed by atoms with E-state index in [0.717, 1.165) is 12.8 Å². The van der Waals surface area contributed by atoms with Crippen LogP contribution in [0.5, 0.6) is 0 Å². The molecule has 0 saturated heterocycles. The van der Waals surface area contributed by atoms with Crippen molar-refractivity contribution in [3.8, 4) is 0 Å². The number of hydrogen-bond acceptors (Lipinski definition) is 5. The molecule has 0 atom stereocenters. The monoisotopic (exact) mass is 358 g/mol. The van der Waals surface area contributed by atoms with Crippen LogP contribution in [0.3, 0.4) is 0 Å². The number of rotatable bonds is 12. The molecule has 6 heteroatoms. The van der Waals surface area contributed by atoms with Crippen molar-refractivity contribution in [2.45, 2.75) is 78.1 Å². The summed E-state index contributed by atoms with van der Waals surface area (Å²) in [5.41, 5.74) is 1.26. The molecule has 1 rings (SSSR count). The fraction of sp³-hybridized carbons (Fsp3) is 0.722. The van der Waals surface area contributed by atoms with Gasteiger partial charge in [0.25, 0.3) is 0 Å². The number of nitrogens with zero attached hydrogens (tertiary/aromatic N) is 1. The lowest BCUT2D eigenvalue weighted by Crippen LogP contribution is -2.05. The van der Waals surface area contributed by atoms with Gasteiger partial charge < -0.3 is 4.55 Å². The molecule has 0 amide bonds. The summed E-state index contributed by atoms with van der Waals surface area (Å²) in [6.45, 7) is 4.29. The average molecular weight is 359 g/mol. The van der Waals surface area contributed by atoms with Crippen LogP contribution in [-0.4, -0.2) is 24.6 Å². The fourth-order valence-electron chi connectivity index (χ4n) is 2.18. The van der Waals surface area contributed by atoms with Crippen LogP contribution in [-0.2, 0) is 14.6 Å². The van der Waals surface area contributed by atoms with Crippen molar-refractivity contribution in [2.75, 3.05) is 6.61 Å². The molecule has 24 heavy (non-hydrogen) atoms. The van der Waals surface area contributed by atoms with Crippen LogP contribution in [0.15, 0.2) is 24.5 Å². The number of pyridine rings is 1. The molecule has 0 aromatic carbocycles. The average Bonchev–Trinajstić information content (AvgIpc) is 2.53. The van der Waals surface area contributed by atoms with E-state index in [4.69, 9.17) is 0 Å². The minimum Gasteiger partial charge on any atom is -0.726 e. The van der Waals surface area contributed by atoms with Crippen LogP contribution in [0.1, 0.15) is 76.7 Å². The first-order valence-electron chi connectivity index (χ1n) is 8.92. The molecule has 0 unspecified atom stereocenters. The highest BCUT2D eigenvalue weighted by atomic mass is 32.3. The zero-order valence-corrected chi connectivity index (χ0v) is 15.9. The predicted octanol–water partition coefficient (Wildman–Crippen LogP) is 4.77. The molecule has 1 aromatic rings. The lowest BCUT2D eigenvalue weighted by atomic mass is 10.1. The second-order valence-corrected chi connectivity index (χ2v) is 6.99. The Balaban J connectivity index is 0.000000620. The van der Waals surface area contributed by atoms with Gasteiger partial charge in [-0.3, -0.25) is 9.17 Å². The van der Waals surface area contributed by atoms with E-state index in [0.29, 0.717) is 6.42 Å². The maximum Gasteiger partial charge on any atom is 0.217 e. The summed E-state index contributed by atoms with van der Waals surface area (Å²) in [5, 5.41) is 0. The van der Waals surface area contributed by atoms with E-state index in [9.17, 15) is 13.0 Å². The van der Waals surface area contributed by atoms with E-state index in [-0.39, 0.29) is 6.61 Å². The number of aromatic nitrogens is 1. The summed E-state index contributed by atoms with van der Waals surface area (Å²) >= 11 is 0. The van der Waals surface area contributed by atoms with Gasteiger partial charge in [0.2, 0.25) is 10.4 Å². The molecule has 0 spiro atoms. The van der Waals surface area contributed by atoms with Crippen molar-refractivity contribution in [3.05, 3.63) is 30.1 Å². The smallest absolute Gasteiger partial charge is 0.217 e. The first kappa shape index (κ1) is 23.0. The molecule has 1 aromatic heterocycles. The molecular formula is C18H32NO4S-. The maximum atomic E-state index is 10.1. The van der Waals surface area contributed by atoms with Gasteiger partial charge >= 0.3 is 0 Å². The van der Waals surface area contributed by atoms with Crippen molar-refractivity contribution in [2.24, 2.45) is 0 Å². The Bertz CT molecular complexity index is 477. The molecule has 0 fully saturated rings. The van der Waals surface area contributed by atoms with Gasteiger partial charge in [-0.1, -0.05) is 64.7 Å².